The van der Waals surface area contributed by atoms with Gasteiger partial charge in [0, 0.05) is 18.8 Å². The van der Waals surface area contributed by atoms with E-state index in [9.17, 15) is 8.42 Å². The Morgan fingerprint density at radius 3 is 2.66 bits per heavy atom. The maximum Gasteiger partial charge on any atom is 0.245 e. The summed E-state index contributed by atoms with van der Waals surface area (Å²) in [6.45, 7) is 0.721. The third kappa shape index (κ3) is 5.53. The molecule has 0 radical (unpaired) electrons. The number of hydrogen-bond acceptors (Lipinski definition) is 8. The minimum absolute atomic E-state index is 0.0713. The van der Waals surface area contributed by atoms with Gasteiger partial charge in [-0.25, -0.2) is 18.1 Å². The first-order chi connectivity index (χ1) is 15.5. The average Bonchev–Trinajstić information content (AvgIpc) is 3.27. The molecule has 0 unspecified atom stereocenters. The van der Waals surface area contributed by atoms with E-state index in [0.717, 1.165) is 0 Å². The largest absolute Gasteiger partial charge is 0.476 e. The molecule has 0 spiro atoms. The molecule has 0 atom stereocenters. The molecule has 4 rings (SSSR count). The molecule has 1 aliphatic carbocycles. The average molecular weight is 461 g/mol. The highest BCUT2D eigenvalue weighted by atomic mass is 32.2. The summed E-state index contributed by atoms with van der Waals surface area (Å²) < 4.78 is 33.0. The maximum absolute atomic E-state index is 12.3. The third-order valence-electron chi connectivity index (χ3n) is 5.48. The molecule has 1 aromatic carbocycles. The van der Waals surface area contributed by atoms with Crippen LogP contribution in [0.25, 0.3) is 11.2 Å². The Morgan fingerprint density at radius 2 is 1.91 bits per heavy atom. The number of aliphatic hydroxyl groups excluding tert-OH is 1. The highest BCUT2D eigenvalue weighted by molar-refractivity contribution is 7.89. The van der Waals surface area contributed by atoms with Gasteiger partial charge in [-0.05, 0) is 49.4 Å². The first-order valence-corrected chi connectivity index (χ1v) is 12.3. The second kappa shape index (κ2) is 10.2. The van der Waals surface area contributed by atoms with Gasteiger partial charge in [0.2, 0.25) is 21.9 Å². The second-order valence-electron chi connectivity index (χ2n) is 7.89. The van der Waals surface area contributed by atoms with Gasteiger partial charge in [-0.2, -0.15) is 9.97 Å². The third-order valence-corrected chi connectivity index (χ3v) is 6.96. The van der Waals surface area contributed by atoms with Crippen molar-refractivity contribution in [3.05, 3.63) is 30.6 Å². The van der Waals surface area contributed by atoms with E-state index in [1.165, 1.54) is 44.2 Å². The summed E-state index contributed by atoms with van der Waals surface area (Å²) in [6, 6.07) is 6.27. The lowest BCUT2D eigenvalue weighted by atomic mass is 9.90. The van der Waals surface area contributed by atoms with Crippen LogP contribution < -0.4 is 14.8 Å². The van der Waals surface area contributed by atoms with Crippen LogP contribution in [0.3, 0.4) is 0 Å². The summed E-state index contributed by atoms with van der Waals surface area (Å²) in [5.41, 5.74) is 1.78. The summed E-state index contributed by atoms with van der Waals surface area (Å²) in [5, 5.41) is 11.9. The summed E-state index contributed by atoms with van der Waals surface area (Å²) >= 11 is 0. The van der Waals surface area contributed by atoms with Crippen LogP contribution in [0.5, 0.6) is 5.88 Å². The van der Waals surface area contributed by atoms with Gasteiger partial charge in [0.25, 0.3) is 0 Å². The number of hydrogen-bond donors (Lipinski definition) is 4. The van der Waals surface area contributed by atoms with Crippen LogP contribution in [-0.4, -0.2) is 53.2 Å². The summed E-state index contributed by atoms with van der Waals surface area (Å²) in [6.07, 6.45) is 8.04. The smallest absolute Gasteiger partial charge is 0.245 e. The van der Waals surface area contributed by atoms with Gasteiger partial charge in [0.05, 0.1) is 17.8 Å². The second-order valence-corrected chi connectivity index (χ2v) is 9.66. The van der Waals surface area contributed by atoms with Crippen LogP contribution in [0.4, 0.5) is 11.6 Å². The fraction of sp³-hybridized carbons (Fsp3) is 0.476. The predicted octanol–water partition coefficient (Wildman–Crippen LogP) is 2.72. The quantitative estimate of drug-likeness (QED) is 0.338. The van der Waals surface area contributed by atoms with Gasteiger partial charge in [-0.1, -0.05) is 19.3 Å². The number of nitrogens with zero attached hydrogens (tertiary/aromatic N) is 3. The Morgan fingerprint density at radius 1 is 1.12 bits per heavy atom. The van der Waals surface area contributed by atoms with Gasteiger partial charge in [0.15, 0.2) is 5.65 Å². The number of benzene rings is 1. The zero-order valence-corrected chi connectivity index (χ0v) is 18.6. The molecule has 0 bridgehead atoms. The van der Waals surface area contributed by atoms with Gasteiger partial charge < -0.3 is 20.1 Å². The molecule has 0 saturated heterocycles. The number of aliphatic hydroxyl groups is 1. The van der Waals surface area contributed by atoms with Crippen LogP contribution >= 0.6 is 0 Å². The van der Waals surface area contributed by atoms with Crippen molar-refractivity contribution in [1.29, 1.82) is 0 Å². The Hall–Kier alpha value is -2.76. The van der Waals surface area contributed by atoms with Crippen molar-refractivity contribution in [2.75, 3.05) is 25.1 Å². The fourth-order valence-corrected chi connectivity index (χ4v) is 4.81. The maximum atomic E-state index is 12.3. The summed E-state index contributed by atoms with van der Waals surface area (Å²) in [4.78, 5) is 16.3. The van der Waals surface area contributed by atoms with Crippen molar-refractivity contribution in [2.45, 2.75) is 43.4 Å². The van der Waals surface area contributed by atoms with Crippen LogP contribution in [0.15, 0.2) is 35.5 Å². The predicted molar refractivity (Wildman–Crippen MR) is 120 cm³/mol. The molecule has 1 saturated carbocycles. The van der Waals surface area contributed by atoms with Crippen molar-refractivity contribution in [3.63, 3.8) is 0 Å². The lowest BCUT2D eigenvalue weighted by Gasteiger charge is -2.21. The topological polar surface area (TPSA) is 142 Å². The number of anilines is 2. The van der Waals surface area contributed by atoms with Gasteiger partial charge in [-0.15, -0.1) is 0 Å². The fourth-order valence-electron chi connectivity index (χ4n) is 3.73. The molecule has 11 heteroatoms. The van der Waals surface area contributed by atoms with Crippen molar-refractivity contribution in [1.82, 2.24) is 24.7 Å². The van der Waals surface area contributed by atoms with E-state index in [4.69, 9.17) is 9.84 Å². The van der Waals surface area contributed by atoms with Crippen molar-refractivity contribution in [2.24, 2.45) is 5.92 Å². The van der Waals surface area contributed by atoms with E-state index in [-0.39, 0.29) is 18.0 Å². The molecule has 3 aromatic rings. The SMILES string of the molecule is O=S(=O)(NCCCO)c1ccc(Nc2nc(OCC3CCCCC3)c3[nH]cnc3n2)cc1. The Balaban J connectivity index is 1.46. The van der Waals surface area contributed by atoms with Crippen LogP contribution in [0.2, 0.25) is 0 Å². The van der Waals surface area contributed by atoms with Gasteiger partial charge >= 0.3 is 0 Å². The Bertz CT molecular complexity index is 1130. The van der Waals surface area contributed by atoms with Crippen LogP contribution in [-0.2, 0) is 10.0 Å². The first kappa shape index (κ1) is 22.4. The lowest BCUT2D eigenvalue weighted by Crippen LogP contribution is -2.25. The number of imidazole rings is 1. The van der Waals surface area contributed by atoms with Crippen LogP contribution in [0.1, 0.15) is 38.5 Å². The minimum atomic E-state index is -3.62. The van der Waals surface area contributed by atoms with E-state index in [2.05, 4.69) is 30.0 Å². The highest BCUT2D eigenvalue weighted by Crippen LogP contribution is 2.27. The summed E-state index contributed by atoms with van der Waals surface area (Å²) in [5.74, 6) is 1.31. The molecule has 1 aliphatic rings. The number of aromatic amines is 1. The zero-order valence-electron chi connectivity index (χ0n) is 17.7. The van der Waals surface area contributed by atoms with E-state index in [1.54, 1.807) is 18.5 Å². The van der Waals surface area contributed by atoms with E-state index >= 15 is 0 Å². The van der Waals surface area contributed by atoms with Crippen LogP contribution in [0, 0.1) is 5.92 Å². The number of sulfonamides is 1. The first-order valence-electron chi connectivity index (χ1n) is 10.9. The number of aromatic nitrogens is 4. The number of rotatable bonds is 10. The Labute approximate surface area is 186 Å². The molecular formula is C21H28N6O4S. The van der Waals surface area contributed by atoms with Gasteiger partial charge in [-0.3, -0.25) is 0 Å². The van der Waals surface area contributed by atoms with Crippen molar-refractivity contribution in [3.8, 4) is 5.88 Å². The minimum Gasteiger partial charge on any atom is -0.476 e. The van der Waals surface area contributed by atoms with E-state index in [0.29, 0.717) is 47.6 Å². The number of ether oxygens (including phenoxy) is 1. The zero-order chi connectivity index (χ0) is 22.4. The molecule has 32 heavy (non-hydrogen) atoms. The molecule has 10 nitrogen and oxygen atoms in total. The van der Waals surface area contributed by atoms with E-state index in [1.807, 2.05) is 0 Å². The molecular weight excluding hydrogens is 432 g/mol. The van der Waals surface area contributed by atoms with E-state index < -0.39 is 10.0 Å². The molecule has 0 aliphatic heterocycles. The molecule has 172 valence electrons. The van der Waals surface area contributed by atoms with Crippen molar-refractivity contribution < 1.29 is 18.3 Å². The van der Waals surface area contributed by atoms with Crippen molar-refractivity contribution >= 4 is 32.8 Å². The number of fused-ring (bicyclic) bond motifs is 1. The summed E-state index contributed by atoms with van der Waals surface area (Å²) in [7, 11) is -3.62. The highest BCUT2D eigenvalue weighted by Gasteiger charge is 2.17. The lowest BCUT2D eigenvalue weighted by molar-refractivity contribution is 0.205. The van der Waals surface area contributed by atoms with Gasteiger partial charge in [0.1, 0.15) is 5.52 Å². The molecule has 2 heterocycles. The normalized spacial score (nSPS) is 15.2. The molecule has 4 N–H and O–H groups in total. The molecule has 0 amide bonds. The standard InChI is InChI=1S/C21H28N6O4S/c28-12-4-11-24-32(29,30)17-9-7-16(8-10-17)25-21-26-19-18(22-14-23-19)20(27-21)31-13-15-5-2-1-3-6-15/h7-10,14-15,24,28H,1-6,11-13H2,(H2,22,23,25,26,27). The number of nitrogens with one attached hydrogen (secondary N) is 3. The number of H-pyrrole nitrogens is 1. The Kier molecular flexibility index (Phi) is 7.18. The molecule has 2 aromatic heterocycles. The molecule has 1 fully saturated rings. The monoisotopic (exact) mass is 460 g/mol.